The molecular formula is C10H15NO3S. The van der Waals surface area contributed by atoms with Crippen LogP contribution in [0.3, 0.4) is 0 Å². The molecule has 1 aromatic heterocycles. The molecule has 1 aromatic rings. The number of aromatic nitrogens is 1. The number of hydrogen-bond acceptors (Lipinski definition) is 5. The van der Waals surface area contributed by atoms with Crippen molar-refractivity contribution in [2.75, 3.05) is 20.8 Å². The molecule has 1 saturated heterocycles. The van der Waals surface area contributed by atoms with Crippen LogP contribution in [0.25, 0.3) is 0 Å². The second-order valence-electron chi connectivity index (χ2n) is 3.42. The molecule has 1 aliphatic heterocycles. The largest absolute Gasteiger partial charge is 0.371 e. The van der Waals surface area contributed by atoms with E-state index in [1.807, 2.05) is 5.38 Å². The molecule has 2 rings (SSSR count). The molecular weight excluding hydrogens is 214 g/mol. The second-order valence-corrected chi connectivity index (χ2v) is 4.31. The van der Waals surface area contributed by atoms with Gasteiger partial charge in [-0.15, -0.1) is 11.3 Å². The molecule has 0 radical (unpaired) electrons. The van der Waals surface area contributed by atoms with Gasteiger partial charge in [0.2, 0.25) is 6.29 Å². The lowest BCUT2D eigenvalue weighted by molar-refractivity contribution is -0.108. The molecule has 1 aliphatic rings. The van der Waals surface area contributed by atoms with Gasteiger partial charge in [0.25, 0.3) is 0 Å². The van der Waals surface area contributed by atoms with Gasteiger partial charge in [0.1, 0.15) is 16.8 Å². The minimum atomic E-state index is -0.364. The van der Waals surface area contributed by atoms with Crippen molar-refractivity contribution in [3.8, 4) is 0 Å². The first kappa shape index (κ1) is 11.0. The van der Waals surface area contributed by atoms with Gasteiger partial charge >= 0.3 is 0 Å². The van der Waals surface area contributed by atoms with E-state index in [0.29, 0.717) is 0 Å². The van der Waals surface area contributed by atoms with E-state index in [1.165, 1.54) is 0 Å². The van der Waals surface area contributed by atoms with E-state index >= 15 is 0 Å². The summed E-state index contributed by atoms with van der Waals surface area (Å²) in [5.41, 5.74) is 0.829. The maximum Gasteiger partial charge on any atom is 0.201 e. The summed E-state index contributed by atoms with van der Waals surface area (Å²) in [6.45, 7) is 0.845. The molecule has 0 amide bonds. The molecule has 1 atom stereocenters. The van der Waals surface area contributed by atoms with Crippen molar-refractivity contribution in [3.05, 3.63) is 16.1 Å². The van der Waals surface area contributed by atoms with Crippen molar-refractivity contribution in [2.45, 2.75) is 25.2 Å². The Morgan fingerprint density at radius 2 is 2.33 bits per heavy atom. The first-order valence-electron chi connectivity index (χ1n) is 4.97. The van der Waals surface area contributed by atoms with Gasteiger partial charge in [-0.2, -0.15) is 0 Å². The molecule has 4 nitrogen and oxygen atoms in total. The Kier molecular flexibility index (Phi) is 3.69. The Labute approximate surface area is 93.2 Å². The van der Waals surface area contributed by atoms with Gasteiger partial charge in [-0.05, 0) is 12.8 Å². The van der Waals surface area contributed by atoms with Crippen LogP contribution in [0.2, 0.25) is 0 Å². The smallest absolute Gasteiger partial charge is 0.201 e. The maximum atomic E-state index is 5.57. The lowest BCUT2D eigenvalue weighted by Crippen LogP contribution is -2.04. The SMILES string of the molecule is COC(OC)c1csc(C2CCCO2)n1. The normalized spacial score (nSPS) is 21.4. The molecule has 0 N–H and O–H groups in total. The van der Waals surface area contributed by atoms with E-state index in [9.17, 15) is 0 Å². The molecule has 0 aliphatic carbocycles. The minimum absolute atomic E-state index is 0.179. The Morgan fingerprint density at radius 1 is 1.53 bits per heavy atom. The number of thiazole rings is 1. The number of rotatable bonds is 4. The quantitative estimate of drug-likeness (QED) is 0.743. The van der Waals surface area contributed by atoms with Crippen LogP contribution in [0.4, 0.5) is 0 Å². The molecule has 15 heavy (non-hydrogen) atoms. The molecule has 0 spiro atoms. The summed E-state index contributed by atoms with van der Waals surface area (Å²) in [7, 11) is 3.22. The Balaban J connectivity index is 2.08. The van der Waals surface area contributed by atoms with Crippen molar-refractivity contribution in [2.24, 2.45) is 0 Å². The van der Waals surface area contributed by atoms with Crippen LogP contribution in [-0.2, 0) is 14.2 Å². The highest BCUT2D eigenvalue weighted by Gasteiger charge is 2.22. The van der Waals surface area contributed by atoms with Crippen molar-refractivity contribution in [1.29, 1.82) is 0 Å². The van der Waals surface area contributed by atoms with Gasteiger partial charge in [0.05, 0.1) is 0 Å². The summed E-state index contributed by atoms with van der Waals surface area (Å²) in [5, 5.41) is 3.00. The van der Waals surface area contributed by atoms with Crippen LogP contribution in [0.15, 0.2) is 5.38 Å². The second kappa shape index (κ2) is 5.03. The first-order valence-corrected chi connectivity index (χ1v) is 5.85. The summed E-state index contributed by atoms with van der Waals surface area (Å²) in [4.78, 5) is 4.48. The lowest BCUT2D eigenvalue weighted by atomic mass is 10.2. The maximum absolute atomic E-state index is 5.57. The van der Waals surface area contributed by atoms with Gasteiger partial charge in [-0.3, -0.25) is 0 Å². The van der Waals surface area contributed by atoms with Crippen LogP contribution in [0.5, 0.6) is 0 Å². The number of ether oxygens (including phenoxy) is 3. The molecule has 0 saturated carbocycles. The van der Waals surface area contributed by atoms with Crippen LogP contribution < -0.4 is 0 Å². The molecule has 84 valence electrons. The zero-order valence-electron chi connectivity index (χ0n) is 8.93. The fourth-order valence-corrected chi connectivity index (χ4v) is 2.57. The van der Waals surface area contributed by atoms with Gasteiger partial charge in [0, 0.05) is 26.2 Å². The first-order chi connectivity index (χ1) is 7.35. The monoisotopic (exact) mass is 229 g/mol. The summed E-state index contributed by atoms with van der Waals surface area (Å²) in [6.07, 6.45) is 2.00. The summed E-state index contributed by atoms with van der Waals surface area (Å²) in [5.74, 6) is 0. The van der Waals surface area contributed by atoms with E-state index in [0.717, 1.165) is 30.2 Å². The van der Waals surface area contributed by atoms with Gasteiger partial charge < -0.3 is 14.2 Å². The van der Waals surface area contributed by atoms with Crippen molar-refractivity contribution in [3.63, 3.8) is 0 Å². The van der Waals surface area contributed by atoms with Gasteiger partial charge in [0.15, 0.2) is 0 Å². The summed E-state index contributed by atoms with van der Waals surface area (Å²) >= 11 is 1.61. The number of hydrogen-bond donors (Lipinski definition) is 0. The Bertz CT molecular complexity index is 289. The van der Waals surface area contributed by atoms with Crippen molar-refractivity contribution >= 4 is 11.3 Å². The van der Waals surface area contributed by atoms with E-state index in [-0.39, 0.29) is 12.4 Å². The van der Waals surface area contributed by atoms with E-state index < -0.39 is 0 Å². The van der Waals surface area contributed by atoms with Crippen LogP contribution in [-0.4, -0.2) is 25.8 Å². The molecule has 1 unspecified atom stereocenters. The highest BCUT2D eigenvalue weighted by molar-refractivity contribution is 7.09. The summed E-state index contributed by atoms with van der Waals surface area (Å²) in [6, 6.07) is 0. The average molecular weight is 229 g/mol. The number of methoxy groups -OCH3 is 2. The predicted molar refractivity (Wildman–Crippen MR) is 56.8 cm³/mol. The summed E-state index contributed by atoms with van der Waals surface area (Å²) < 4.78 is 15.9. The highest BCUT2D eigenvalue weighted by Crippen LogP contribution is 2.32. The van der Waals surface area contributed by atoms with E-state index in [4.69, 9.17) is 14.2 Å². The molecule has 2 heterocycles. The zero-order valence-corrected chi connectivity index (χ0v) is 9.75. The zero-order chi connectivity index (χ0) is 10.7. The third-order valence-electron chi connectivity index (χ3n) is 2.41. The molecule has 5 heteroatoms. The molecule has 0 aromatic carbocycles. The van der Waals surface area contributed by atoms with Crippen molar-refractivity contribution < 1.29 is 14.2 Å². The number of nitrogens with zero attached hydrogens (tertiary/aromatic N) is 1. The standard InChI is InChI=1S/C10H15NO3S/c1-12-10(13-2)7-6-15-9(11-7)8-4-3-5-14-8/h6,8,10H,3-5H2,1-2H3. The van der Waals surface area contributed by atoms with Crippen LogP contribution in [0.1, 0.15) is 35.9 Å². The van der Waals surface area contributed by atoms with Gasteiger partial charge in [-0.25, -0.2) is 4.98 Å². The fraction of sp³-hybridized carbons (Fsp3) is 0.700. The van der Waals surface area contributed by atoms with E-state index in [1.54, 1.807) is 25.6 Å². The third-order valence-corrected chi connectivity index (χ3v) is 3.37. The molecule has 1 fully saturated rings. The predicted octanol–water partition coefficient (Wildman–Crippen LogP) is 2.29. The van der Waals surface area contributed by atoms with Crippen molar-refractivity contribution in [1.82, 2.24) is 4.98 Å². The molecule has 0 bridgehead atoms. The van der Waals surface area contributed by atoms with Gasteiger partial charge in [-0.1, -0.05) is 0 Å². The Morgan fingerprint density at radius 3 is 2.93 bits per heavy atom. The fourth-order valence-electron chi connectivity index (χ4n) is 1.67. The van der Waals surface area contributed by atoms with E-state index in [2.05, 4.69) is 4.98 Å². The van der Waals surface area contributed by atoms with Crippen LogP contribution in [0, 0.1) is 0 Å². The topological polar surface area (TPSA) is 40.6 Å². The minimum Gasteiger partial charge on any atom is -0.371 e. The lowest BCUT2D eigenvalue weighted by Gasteiger charge is -2.10. The van der Waals surface area contributed by atoms with Crippen LogP contribution >= 0.6 is 11.3 Å². The Hall–Kier alpha value is -0.490. The highest BCUT2D eigenvalue weighted by atomic mass is 32.1. The average Bonchev–Trinajstić information content (AvgIpc) is 2.89. The third kappa shape index (κ3) is 2.36.